The normalized spacial score (nSPS) is 9.43. The summed E-state index contributed by atoms with van der Waals surface area (Å²) in [5.74, 6) is 0. The van der Waals surface area contributed by atoms with Gasteiger partial charge in [-0.05, 0) is 0 Å². The van der Waals surface area contributed by atoms with Crippen LogP contribution in [0.1, 0.15) is 4.88 Å². The predicted molar refractivity (Wildman–Crippen MR) is 35.0 cm³/mol. The third kappa shape index (κ3) is 1.29. The zero-order chi connectivity index (χ0) is 5.28. The summed E-state index contributed by atoms with van der Waals surface area (Å²) in [7, 11) is 0. The van der Waals surface area contributed by atoms with Crippen molar-refractivity contribution in [1.29, 1.82) is 0 Å². The molecule has 1 heterocycles. The van der Waals surface area contributed by atoms with Crippen molar-refractivity contribution in [1.82, 2.24) is 4.98 Å². The van der Waals surface area contributed by atoms with Crippen molar-refractivity contribution in [2.75, 3.05) is 0 Å². The Morgan fingerprint density at radius 1 is 1.86 bits per heavy atom. The summed E-state index contributed by atoms with van der Waals surface area (Å²) in [6.07, 6.45) is 1.90. The number of nitrogens with zero attached hydrogens (tertiary/aromatic N) is 1. The van der Waals surface area contributed by atoms with Gasteiger partial charge in [0.25, 0.3) is 0 Å². The minimum absolute atomic E-state index is 1.21. The first kappa shape index (κ1) is 5.33. The van der Waals surface area contributed by atoms with Gasteiger partial charge in [0.2, 0.25) is 0 Å². The Bertz CT molecular complexity index is 144. The fourth-order valence-electron chi connectivity index (χ4n) is 0.372. The van der Waals surface area contributed by atoms with Gasteiger partial charge in [0.1, 0.15) is 0 Å². The van der Waals surface area contributed by atoms with Crippen molar-refractivity contribution < 1.29 is 0 Å². The summed E-state index contributed by atoms with van der Waals surface area (Å²) >= 11 is 3.36. The quantitative estimate of drug-likeness (QED) is 0.494. The molecule has 3 heteroatoms. The van der Waals surface area contributed by atoms with Crippen LogP contribution < -0.4 is 3.80 Å². The van der Waals surface area contributed by atoms with Crippen LogP contribution in [0.3, 0.4) is 0 Å². The fraction of sp³-hybridized carbons (Fsp3) is 0.250. The van der Waals surface area contributed by atoms with E-state index in [1.807, 2.05) is 6.20 Å². The minimum atomic E-state index is 1.21. The van der Waals surface area contributed by atoms with Crippen LogP contribution in [0.25, 0.3) is 0 Å². The summed E-state index contributed by atoms with van der Waals surface area (Å²) in [4.78, 5) is 5.37. The van der Waals surface area contributed by atoms with Crippen LogP contribution in [0, 0.1) is 6.92 Å². The second kappa shape index (κ2) is 1.97. The maximum absolute atomic E-state index is 4.06. The zero-order valence-electron chi connectivity index (χ0n) is 4.01. The van der Waals surface area contributed by atoms with Crippen molar-refractivity contribution >= 4 is 32.0 Å². The van der Waals surface area contributed by atoms with E-state index in [9.17, 15) is 0 Å². The van der Waals surface area contributed by atoms with Crippen molar-refractivity contribution in [2.45, 2.75) is 6.92 Å². The first-order chi connectivity index (χ1) is 3.29. The van der Waals surface area contributed by atoms with Crippen molar-refractivity contribution in [3.63, 3.8) is 0 Å². The van der Waals surface area contributed by atoms with Crippen molar-refractivity contribution in [3.05, 3.63) is 11.1 Å². The molecule has 0 aliphatic heterocycles. The van der Waals surface area contributed by atoms with Gasteiger partial charge in [-0.3, -0.25) is 0 Å². The molecule has 0 aliphatic carbocycles. The van der Waals surface area contributed by atoms with Crippen LogP contribution in [-0.4, -0.2) is 21.8 Å². The number of aryl methyl sites for hydroxylation is 1. The molecule has 0 bridgehead atoms. The number of thiazole rings is 1. The van der Waals surface area contributed by atoms with Gasteiger partial charge in [0, 0.05) is 0 Å². The van der Waals surface area contributed by atoms with Gasteiger partial charge < -0.3 is 0 Å². The average molecular weight is 175 g/mol. The number of hydrogen-bond acceptors (Lipinski definition) is 2. The molecule has 0 aliphatic rings. The second-order valence-corrected chi connectivity index (χ2v) is 4.60. The van der Waals surface area contributed by atoms with Gasteiger partial charge in [-0.2, -0.15) is 0 Å². The van der Waals surface area contributed by atoms with Gasteiger partial charge in [0.05, 0.1) is 0 Å². The molecular weight excluding hydrogens is 169 g/mol. The Kier molecular flexibility index (Phi) is 1.50. The van der Waals surface area contributed by atoms with Crippen LogP contribution in [0.5, 0.6) is 0 Å². The Morgan fingerprint density at radius 3 is 2.71 bits per heavy atom. The predicted octanol–water partition coefficient (Wildman–Crippen LogP) is -0.290. The third-order valence-electron chi connectivity index (χ3n) is 0.639. The number of hydrogen-bond donors (Lipinski definition) is 0. The van der Waals surface area contributed by atoms with Gasteiger partial charge in [0.15, 0.2) is 0 Å². The van der Waals surface area contributed by atoms with E-state index >= 15 is 0 Å². The Labute approximate surface area is 55.3 Å². The van der Waals surface area contributed by atoms with Crippen molar-refractivity contribution in [3.8, 4) is 0 Å². The van der Waals surface area contributed by atoms with Crippen LogP contribution in [0.4, 0.5) is 0 Å². The molecule has 0 aromatic carbocycles. The fourth-order valence-corrected chi connectivity index (χ4v) is 2.24. The van der Waals surface area contributed by atoms with Crippen LogP contribution in [0.15, 0.2) is 6.20 Å². The van der Waals surface area contributed by atoms with Crippen LogP contribution in [-0.2, 0) is 0 Å². The molecule has 0 radical (unpaired) electrons. The van der Waals surface area contributed by atoms with Crippen LogP contribution in [0.2, 0.25) is 0 Å². The monoisotopic (exact) mass is 175 g/mol. The molecule has 38 valence electrons. The molecule has 1 aromatic rings. The molecule has 7 heavy (non-hydrogen) atoms. The first-order valence-electron chi connectivity index (χ1n) is 1.97. The summed E-state index contributed by atoms with van der Waals surface area (Å²) in [6.45, 7) is 2.07. The van der Waals surface area contributed by atoms with Gasteiger partial charge >= 0.3 is 55.0 Å². The average Bonchev–Trinajstić information content (AvgIpc) is 1.87. The molecule has 1 nitrogen and oxygen atoms in total. The van der Waals surface area contributed by atoms with Crippen molar-refractivity contribution in [2.24, 2.45) is 0 Å². The molecule has 1 atom stereocenters. The van der Waals surface area contributed by atoms with E-state index in [0.29, 0.717) is 0 Å². The second-order valence-electron chi connectivity index (χ2n) is 1.31. The Morgan fingerprint density at radius 2 is 2.57 bits per heavy atom. The molecule has 0 amide bonds. The van der Waals surface area contributed by atoms with Gasteiger partial charge in [-0.1, -0.05) is 0 Å². The standard InChI is InChI=1S/C4H6AsNS/c1-3-2-6-4(5)7-3/h2H,5H2,1H3. The molecule has 1 unspecified atom stereocenters. The number of aromatic nitrogens is 1. The van der Waals surface area contributed by atoms with E-state index in [0.717, 1.165) is 0 Å². The molecule has 1 aromatic heterocycles. The summed E-state index contributed by atoms with van der Waals surface area (Å²) in [5, 5.41) is 0. The van der Waals surface area contributed by atoms with Gasteiger partial charge in [-0.25, -0.2) is 0 Å². The van der Waals surface area contributed by atoms with E-state index in [1.54, 1.807) is 28.2 Å². The van der Waals surface area contributed by atoms with E-state index < -0.39 is 0 Å². The molecule has 1 rings (SSSR count). The Balaban J connectivity index is 3.04. The summed E-state index contributed by atoms with van der Waals surface area (Å²) in [6, 6.07) is 0. The zero-order valence-corrected chi connectivity index (χ0v) is 7.25. The number of rotatable bonds is 0. The van der Waals surface area contributed by atoms with E-state index in [1.165, 1.54) is 8.67 Å². The Hall–Kier alpha value is 0.188. The topological polar surface area (TPSA) is 12.9 Å². The van der Waals surface area contributed by atoms with E-state index in [4.69, 9.17) is 0 Å². The summed E-state index contributed by atoms with van der Waals surface area (Å²) < 4.78 is 1.21. The van der Waals surface area contributed by atoms with E-state index in [2.05, 4.69) is 11.9 Å². The molecule has 0 spiro atoms. The third-order valence-corrected chi connectivity index (χ3v) is 2.44. The van der Waals surface area contributed by atoms with Crippen LogP contribution >= 0.6 is 11.3 Å². The van der Waals surface area contributed by atoms with Gasteiger partial charge in [-0.15, -0.1) is 0 Å². The molecule has 0 fully saturated rings. The maximum atomic E-state index is 4.06. The molecule has 0 N–H and O–H groups in total. The first-order valence-corrected chi connectivity index (χ1v) is 4.00. The molecule has 0 saturated heterocycles. The van der Waals surface area contributed by atoms with E-state index in [-0.39, 0.29) is 0 Å². The molecule has 0 saturated carbocycles. The SMILES string of the molecule is Cc1cnc([AsH2])s1. The summed E-state index contributed by atoms with van der Waals surface area (Å²) in [5.41, 5.74) is 0. The molecular formula is C4H6AsNS.